The molecule has 100 valence electrons. The predicted octanol–water partition coefficient (Wildman–Crippen LogP) is -0.419. The Bertz CT molecular complexity index is 215. The summed E-state index contributed by atoms with van der Waals surface area (Å²) < 4.78 is 0. The molecule has 0 atom stereocenters. The minimum absolute atomic E-state index is 0.103. The van der Waals surface area contributed by atoms with E-state index in [9.17, 15) is 14.9 Å². The summed E-state index contributed by atoms with van der Waals surface area (Å²) in [5, 5.41) is 19.9. The van der Waals surface area contributed by atoms with Gasteiger partial charge in [-0.05, 0) is 13.5 Å². The van der Waals surface area contributed by atoms with E-state index >= 15 is 0 Å². The van der Waals surface area contributed by atoms with E-state index in [-0.39, 0.29) is 19.4 Å². The lowest BCUT2D eigenvalue weighted by Gasteiger charge is -2.21. The van der Waals surface area contributed by atoms with Crippen LogP contribution in [0, 0.1) is 10.1 Å². The molecular weight excluding hydrogens is 230 g/mol. The van der Waals surface area contributed by atoms with Gasteiger partial charge >= 0.3 is 5.97 Å². The van der Waals surface area contributed by atoms with Gasteiger partial charge in [0.25, 0.3) is 5.09 Å². The molecule has 0 aliphatic carbocycles. The first-order valence-corrected chi connectivity index (χ1v) is 5.40. The first kappa shape index (κ1) is 15.6. The molecule has 0 spiro atoms. The number of carboxylic acids is 1. The fourth-order valence-corrected chi connectivity index (χ4v) is 1.14. The molecule has 1 fully saturated rings. The van der Waals surface area contributed by atoms with E-state index in [0.29, 0.717) is 0 Å². The van der Waals surface area contributed by atoms with Crippen molar-refractivity contribution >= 4 is 5.97 Å². The fourth-order valence-electron chi connectivity index (χ4n) is 1.14. The van der Waals surface area contributed by atoms with Crippen LogP contribution in [0.25, 0.3) is 0 Å². The van der Waals surface area contributed by atoms with Crippen molar-refractivity contribution in [2.45, 2.75) is 12.8 Å². The average molecular weight is 249 g/mol. The normalized spacial score (nSPS) is 15.6. The van der Waals surface area contributed by atoms with Gasteiger partial charge in [0.2, 0.25) is 0 Å². The lowest BCUT2D eigenvalue weighted by molar-refractivity contribution is -0.757. The number of aliphatic carboxylic acids is 1. The van der Waals surface area contributed by atoms with Crippen LogP contribution in [-0.2, 0) is 9.63 Å². The standard InChI is InChI=1S/C5H12N2.C4H7NO5/c1-7-4-2-6-3-5-7;6-4(7)2-1-3-10-5(8)9/h6H,2-5H2,1H3;1-3H2,(H,6,7). The number of nitrogens with zero attached hydrogens (tertiary/aromatic N) is 2. The zero-order valence-corrected chi connectivity index (χ0v) is 9.92. The zero-order valence-electron chi connectivity index (χ0n) is 9.92. The van der Waals surface area contributed by atoms with Crippen LogP contribution in [0.3, 0.4) is 0 Å². The van der Waals surface area contributed by atoms with Crippen LogP contribution in [0.2, 0.25) is 0 Å². The minimum atomic E-state index is -0.980. The van der Waals surface area contributed by atoms with E-state index in [2.05, 4.69) is 22.1 Å². The molecule has 0 amide bonds. The summed E-state index contributed by atoms with van der Waals surface area (Å²) in [5.41, 5.74) is 0. The number of likely N-dealkylation sites (N-methyl/N-ethyl adjacent to an activating group) is 1. The molecule has 0 bridgehead atoms. The lowest BCUT2D eigenvalue weighted by atomic mass is 10.3. The third-order valence-corrected chi connectivity index (χ3v) is 2.07. The van der Waals surface area contributed by atoms with Crippen molar-refractivity contribution in [3.8, 4) is 0 Å². The van der Waals surface area contributed by atoms with Crippen LogP contribution in [0.15, 0.2) is 0 Å². The highest BCUT2D eigenvalue weighted by atomic mass is 16.9. The maximum atomic E-state index is 9.82. The van der Waals surface area contributed by atoms with Crippen LogP contribution in [0.5, 0.6) is 0 Å². The molecule has 0 aromatic rings. The largest absolute Gasteiger partial charge is 0.481 e. The second-order valence-electron chi connectivity index (χ2n) is 3.61. The molecular formula is C9H19N3O5. The highest BCUT2D eigenvalue weighted by Crippen LogP contribution is 1.89. The van der Waals surface area contributed by atoms with Crippen LogP contribution in [0.4, 0.5) is 0 Å². The highest BCUT2D eigenvalue weighted by Gasteiger charge is 2.01. The number of carbonyl (C=O) groups is 1. The maximum Gasteiger partial charge on any atom is 0.303 e. The molecule has 8 heteroatoms. The number of hydrogen-bond donors (Lipinski definition) is 2. The molecule has 1 rings (SSSR count). The monoisotopic (exact) mass is 249 g/mol. The Kier molecular flexibility index (Phi) is 8.98. The van der Waals surface area contributed by atoms with Gasteiger partial charge in [0.05, 0.1) is 6.61 Å². The summed E-state index contributed by atoms with van der Waals surface area (Å²) in [6, 6.07) is 0. The van der Waals surface area contributed by atoms with Gasteiger partial charge in [-0.2, -0.15) is 0 Å². The Balaban J connectivity index is 0.000000318. The summed E-state index contributed by atoms with van der Waals surface area (Å²) >= 11 is 0. The number of hydrogen-bond acceptors (Lipinski definition) is 6. The van der Waals surface area contributed by atoms with E-state index in [0.717, 1.165) is 13.1 Å². The predicted molar refractivity (Wildman–Crippen MR) is 60.2 cm³/mol. The second kappa shape index (κ2) is 9.79. The molecule has 1 saturated heterocycles. The average Bonchev–Trinajstić information content (AvgIpc) is 2.26. The summed E-state index contributed by atoms with van der Waals surface area (Å²) in [6.07, 6.45) is 0.0597. The fraction of sp³-hybridized carbons (Fsp3) is 0.889. The van der Waals surface area contributed by atoms with Gasteiger partial charge in [-0.1, -0.05) is 0 Å². The molecule has 1 heterocycles. The zero-order chi connectivity index (χ0) is 13.1. The topological polar surface area (TPSA) is 105 Å². The Morgan fingerprint density at radius 2 is 2.12 bits per heavy atom. The molecule has 1 aliphatic rings. The SMILES string of the molecule is CN1CCNCC1.O=C(O)CCCO[N+](=O)[O-]. The summed E-state index contributed by atoms with van der Waals surface area (Å²) in [7, 11) is 2.15. The molecule has 1 aliphatic heterocycles. The molecule has 0 unspecified atom stereocenters. The van der Waals surface area contributed by atoms with E-state index in [1.54, 1.807) is 0 Å². The molecule has 8 nitrogen and oxygen atoms in total. The van der Waals surface area contributed by atoms with Crippen LogP contribution in [0.1, 0.15) is 12.8 Å². The van der Waals surface area contributed by atoms with Crippen LogP contribution in [-0.4, -0.2) is 60.9 Å². The van der Waals surface area contributed by atoms with Gasteiger partial charge in [0, 0.05) is 32.6 Å². The molecule has 0 aromatic carbocycles. The molecule has 0 radical (unpaired) electrons. The number of nitrogens with one attached hydrogen (secondary N) is 1. The highest BCUT2D eigenvalue weighted by molar-refractivity contribution is 5.66. The van der Waals surface area contributed by atoms with E-state index in [4.69, 9.17) is 5.11 Å². The minimum Gasteiger partial charge on any atom is -0.481 e. The van der Waals surface area contributed by atoms with Gasteiger partial charge in [-0.25, -0.2) is 0 Å². The van der Waals surface area contributed by atoms with Crippen molar-refractivity contribution in [2.24, 2.45) is 0 Å². The first-order valence-electron chi connectivity index (χ1n) is 5.40. The lowest BCUT2D eigenvalue weighted by Crippen LogP contribution is -2.40. The van der Waals surface area contributed by atoms with Crippen molar-refractivity contribution in [1.82, 2.24) is 10.2 Å². The van der Waals surface area contributed by atoms with Crippen molar-refractivity contribution in [3.05, 3.63) is 10.1 Å². The quantitative estimate of drug-likeness (QED) is 0.387. The van der Waals surface area contributed by atoms with Gasteiger partial charge in [-0.3, -0.25) is 4.79 Å². The molecule has 2 N–H and O–H groups in total. The van der Waals surface area contributed by atoms with Gasteiger partial charge in [0.15, 0.2) is 0 Å². The Hall–Kier alpha value is -1.41. The van der Waals surface area contributed by atoms with E-state index in [1.165, 1.54) is 13.1 Å². The Labute approximate surface area is 99.6 Å². The van der Waals surface area contributed by atoms with Crippen molar-refractivity contribution < 1.29 is 19.8 Å². The smallest absolute Gasteiger partial charge is 0.303 e. The molecule has 0 aromatic heterocycles. The third-order valence-electron chi connectivity index (χ3n) is 2.07. The van der Waals surface area contributed by atoms with E-state index < -0.39 is 11.1 Å². The van der Waals surface area contributed by atoms with Crippen molar-refractivity contribution in [3.63, 3.8) is 0 Å². The van der Waals surface area contributed by atoms with Gasteiger partial charge < -0.3 is 20.2 Å². The van der Waals surface area contributed by atoms with Crippen LogP contribution < -0.4 is 5.32 Å². The van der Waals surface area contributed by atoms with E-state index in [1.807, 2.05) is 0 Å². The Morgan fingerprint density at radius 1 is 1.53 bits per heavy atom. The first-order chi connectivity index (χ1) is 8.02. The van der Waals surface area contributed by atoms with Crippen LogP contribution >= 0.6 is 0 Å². The van der Waals surface area contributed by atoms with Gasteiger partial charge in [-0.15, -0.1) is 10.1 Å². The summed E-state index contributed by atoms with van der Waals surface area (Å²) in [4.78, 5) is 25.5. The summed E-state index contributed by atoms with van der Waals surface area (Å²) in [6.45, 7) is 4.59. The Morgan fingerprint density at radius 3 is 2.47 bits per heavy atom. The maximum absolute atomic E-state index is 9.82. The number of rotatable bonds is 5. The van der Waals surface area contributed by atoms with Gasteiger partial charge in [0.1, 0.15) is 0 Å². The molecule has 17 heavy (non-hydrogen) atoms. The molecule has 0 saturated carbocycles. The third kappa shape index (κ3) is 12.5. The summed E-state index contributed by atoms with van der Waals surface area (Å²) in [5.74, 6) is -0.980. The van der Waals surface area contributed by atoms with Crippen molar-refractivity contribution in [1.29, 1.82) is 0 Å². The second-order valence-corrected chi connectivity index (χ2v) is 3.61. The van der Waals surface area contributed by atoms with Crippen molar-refractivity contribution in [2.75, 3.05) is 39.8 Å². The number of carboxylic acid groups (broad SMARTS) is 1. The number of piperazine rings is 1.